The van der Waals surface area contributed by atoms with Crippen LogP contribution in [-0.2, 0) is 14.4 Å². The number of nitrogens with two attached hydrogens (primary N) is 1. The van der Waals surface area contributed by atoms with Crippen LogP contribution in [0.25, 0.3) is 6.08 Å². The fourth-order valence-electron chi connectivity index (χ4n) is 2.56. The van der Waals surface area contributed by atoms with Gasteiger partial charge < -0.3 is 35.5 Å². The van der Waals surface area contributed by atoms with E-state index in [9.17, 15) is 27.6 Å². The van der Waals surface area contributed by atoms with Gasteiger partial charge in [0.05, 0.1) is 0 Å². The molecule has 0 unspecified atom stereocenters. The third-order valence-corrected chi connectivity index (χ3v) is 4.41. The van der Waals surface area contributed by atoms with E-state index in [1.54, 1.807) is 31.2 Å². The summed E-state index contributed by atoms with van der Waals surface area (Å²) in [4.78, 5) is 42.9. The highest BCUT2D eigenvalue weighted by atomic mass is 19.4. The van der Waals surface area contributed by atoms with Crippen molar-refractivity contribution in [3.8, 4) is 5.75 Å². The SMILES string of the molecule is C/C(=C\c1ccc(C(=O)Oc2ccc(C(=N)N)cc2)o1)CN[C@@H](CCC(=O)O)C(=O)O.O=C(O)C(F)(F)F. The van der Waals surface area contributed by atoms with Crippen LogP contribution < -0.4 is 15.8 Å². The molecule has 0 aliphatic heterocycles. The number of nitrogen functional groups attached to an aromatic ring is 1. The Morgan fingerprint density at radius 2 is 1.68 bits per heavy atom. The van der Waals surface area contributed by atoms with Gasteiger partial charge in [-0.2, -0.15) is 13.2 Å². The summed E-state index contributed by atoms with van der Waals surface area (Å²) in [7, 11) is 0. The number of aliphatic carboxylic acids is 3. The number of benzene rings is 1. The van der Waals surface area contributed by atoms with E-state index in [2.05, 4.69) is 5.32 Å². The van der Waals surface area contributed by atoms with Crippen molar-refractivity contribution in [2.24, 2.45) is 5.73 Å². The van der Waals surface area contributed by atoms with Crippen LogP contribution in [0.4, 0.5) is 13.2 Å². The first kappa shape index (κ1) is 31.4. The first-order chi connectivity index (χ1) is 17.6. The number of carboxylic acid groups (broad SMARTS) is 3. The fourth-order valence-corrected chi connectivity index (χ4v) is 2.56. The van der Waals surface area contributed by atoms with Crippen molar-refractivity contribution in [3.63, 3.8) is 0 Å². The number of hydrogen-bond acceptors (Lipinski definition) is 8. The number of hydrogen-bond donors (Lipinski definition) is 6. The first-order valence-corrected chi connectivity index (χ1v) is 10.5. The summed E-state index contributed by atoms with van der Waals surface area (Å²) < 4.78 is 42.4. The predicted molar refractivity (Wildman–Crippen MR) is 125 cm³/mol. The second-order valence-electron chi connectivity index (χ2n) is 7.53. The molecular weight excluding hydrogens is 519 g/mol. The second-order valence-corrected chi connectivity index (χ2v) is 7.53. The van der Waals surface area contributed by atoms with Crippen LogP contribution in [0.2, 0.25) is 0 Å². The minimum absolute atomic E-state index is 0.0208. The zero-order valence-electron chi connectivity index (χ0n) is 19.7. The molecule has 1 aromatic heterocycles. The van der Waals surface area contributed by atoms with Gasteiger partial charge in [-0.25, -0.2) is 9.59 Å². The lowest BCUT2D eigenvalue weighted by atomic mass is 10.1. The molecule has 2 aromatic rings. The molecule has 12 nitrogen and oxygen atoms in total. The lowest BCUT2D eigenvalue weighted by Gasteiger charge is -2.13. The Labute approximate surface area is 213 Å². The standard InChI is InChI=1S/C21H23N3O7.C2HF3O2/c1-12(11-24-16(20(27)28)7-9-18(25)26)10-15-6-8-17(30-15)21(29)31-14-4-2-13(3-5-14)19(22)23;3-2(4,5)1(6)7/h2-6,8,10,16,24H,7,9,11H2,1H3,(H3,22,23)(H,25,26)(H,27,28);(H,6,7)/b12-10+;/t16-;/m0./s1. The largest absolute Gasteiger partial charge is 0.490 e. The van der Waals surface area contributed by atoms with Crippen molar-refractivity contribution in [1.29, 1.82) is 5.41 Å². The molecule has 0 aliphatic carbocycles. The van der Waals surface area contributed by atoms with Crippen LogP contribution in [0.15, 0.2) is 46.4 Å². The maximum absolute atomic E-state index is 12.2. The molecule has 1 atom stereocenters. The smallest absolute Gasteiger partial charge is 0.481 e. The van der Waals surface area contributed by atoms with Crippen molar-refractivity contribution in [1.82, 2.24) is 5.32 Å². The molecule has 0 spiro atoms. The maximum atomic E-state index is 12.2. The monoisotopic (exact) mass is 543 g/mol. The van der Waals surface area contributed by atoms with Crippen molar-refractivity contribution < 1.29 is 56.8 Å². The number of esters is 1. The molecule has 7 N–H and O–H groups in total. The highest BCUT2D eigenvalue weighted by Crippen LogP contribution is 2.17. The normalized spacial score (nSPS) is 12.1. The van der Waals surface area contributed by atoms with Gasteiger partial charge in [0, 0.05) is 18.5 Å². The summed E-state index contributed by atoms with van der Waals surface area (Å²) in [5.41, 5.74) is 6.60. The molecule has 1 heterocycles. The topological polar surface area (TPSA) is 213 Å². The molecule has 0 bridgehead atoms. The van der Waals surface area contributed by atoms with E-state index in [1.165, 1.54) is 18.2 Å². The summed E-state index contributed by atoms with van der Waals surface area (Å²) in [6, 6.07) is 8.16. The molecule has 15 heteroatoms. The second kappa shape index (κ2) is 14.2. The Morgan fingerprint density at radius 1 is 1.11 bits per heavy atom. The Balaban J connectivity index is 0.000000905. The number of nitrogens with one attached hydrogen (secondary N) is 2. The Hall–Kier alpha value is -4.66. The fraction of sp³-hybridized carbons (Fsp3) is 0.261. The summed E-state index contributed by atoms with van der Waals surface area (Å²) in [6.07, 6.45) is -3.75. The Bertz CT molecular complexity index is 1190. The van der Waals surface area contributed by atoms with Gasteiger partial charge in [-0.1, -0.05) is 5.57 Å². The van der Waals surface area contributed by atoms with Crippen LogP contribution >= 0.6 is 0 Å². The van der Waals surface area contributed by atoms with Crippen molar-refractivity contribution in [3.05, 3.63) is 59.1 Å². The summed E-state index contributed by atoms with van der Waals surface area (Å²) >= 11 is 0. The van der Waals surface area contributed by atoms with E-state index in [0.717, 1.165) is 5.57 Å². The summed E-state index contributed by atoms with van der Waals surface area (Å²) in [5, 5.41) is 35.1. The quantitative estimate of drug-likeness (QED) is 0.105. The Morgan fingerprint density at radius 3 is 2.16 bits per heavy atom. The van der Waals surface area contributed by atoms with E-state index in [-0.39, 0.29) is 36.7 Å². The zero-order chi connectivity index (χ0) is 29.0. The van der Waals surface area contributed by atoms with Crippen LogP contribution in [0.5, 0.6) is 5.75 Å². The molecular formula is C23H24F3N3O9. The molecule has 0 fully saturated rings. The van der Waals surface area contributed by atoms with E-state index in [1.807, 2.05) is 0 Å². The van der Waals surface area contributed by atoms with Crippen LogP contribution in [0.1, 0.15) is 41.6 Å². The number of halogens is 3. The number of carboxylic acids is 3. The number of furan rings is 1. The third kappa shape index (κ3) is 11.4. The number of carbonyl (C=O) groups excluding carboxylic acids is 1. The molecule has 38 heavy (non-hydrogen) atoms. The van der Waals surface area contributed by atoms with Crippen molar-refractivity contribution in [2.45, 2.75) is 32.0 Å². The van der Waals surface area contributed by atoms with Gasteiger partial charge in [-0.3, -0.25) is 15.0 Å². The third-order valence-electron chi connectivity index (χ3n) is 4.41. The number of ether oxygens (including phenoxy) is 1. The van der Waals surface area contributed by atoms with Gasteiger partial charge in [0.25, 0.3) is 0 Å². The maximum Gasteiger partial charge on any atom is 0.490 e. The highest BCUT2D eigenvalue weighted by Gasteiger charge is 2.38. The molecule has 206 valence electrons. The predicted octanol–water partition coefficient (Wildman–Crippen LogP) is 2.73. The number of amidine groups is 1. The van der Waals surface area contributed by atoms with Crippen LogP contribution in [0, 0.1) is 5.41 Å². The van der Waals surface area contributed by atoms with E-state index in [0.29, 0.717) is 11.3 Å². The molecule has 2 rings (SSSR count). The van der Waals surface area contributed by atoms with E-state index >= 15 is 0 Å². The van der Waals surface area contributed by atoms with E-state index in [4.69, 9.17) is 40.4 Å². The lowest BCUT2D eigenvalue weighted by Crippen LogP contribution is -2.37. The summed E-state index contributed by atoms with van der Waals surface area (Å²) in [5.74, 6) is -5.13. The van der Waals surface area contributed by atoms with Gasteiger partial charge in [0.1, 0.15) is 23.4 Å². The van der Waals surface area contributed by atoms with Crippen molar-refractivity contribution in [2.75, 3.05) is 6.54 Å². The minimum atomic E-state index is -5.08. The minimum Gasteiger partial charge on any atom is -0.481 e. The molecule has 0 radical (unpaired) electrons. The van der Waals surface area contributed by atoms with Gasteiger partial charge in [-0.05, 0) is 55.8 Å². The zero-order valence-corrected chi connectivity index (χ0v) is 19.7. The Kier molecular flexibility index (Phi) is 11.7. The summed E-state index contributed by atoms with van der Waals surface area (Å²) in [6.45, 7) is 1.93. The number of rotatable bonds is 11. The van der Waals surface area contributed by atoms with Gasteiger partial charge in [0.2, 0.25) is 5.76 Å². The van der Waals surface area contributed by atoms with Crippen LogP contribution in [0.3, 0.4) is 0 Å². The van der Waals surface area contributed by atoms with Crippen LogP contribution in [-0.4, -0.2) is 63.8 Å². The van der Waals surface area contributed by atoms with Gasteiger partial charge in [0.15, 0.2) is 0 Å². The molecule has 0 saturated carbocycles. The van der Waals surface area contributed by atoms with Crippen molar-refractivity contribution >= 4 is 35.8 Å². The van der Waals surface area contributed by atoms with Gasteiger partial charge >= 0.3 is 30.1 Å². The average molecular weight is 543 g/mol. The average Bonchev–Trinajstić information content (AvgIpc) is 3.27. The number of alkyl halides is 3. The lowest BCUT2D eigenvalue weighted by molar-refractivity contribution is -0.192. The molecule has 0 aliphatic rings. The molecule has 0 amide bonds. The van der Waals surface area contributed by atoms with E-state index < -0.39 is 36.1 Å². The number of carbonyl (C=O) groups is 4. The first-order valence-electron chi connectivity index (χ1n) is 10.5. The highest BCUT2D eigenvalue weighted by molar-refractivity contribution is 5.95. The molecule has 0 saturated heterocycles. The molecule has 1 aromatic carbocycles. The van der Waals surface area contributed by atoms with Gasteiger partial charge in [-0.15, -0.1) is 0 Å².